The minimum Gasteiger partial charge on any atom is -0.289 e. The van der Waals surface area contributed by atoms with E-state index in [1.165, 1.54) is 11.1 Å². The Morgan fingerprint density at radius 3 is 2.38 bits per heavy atom. The standard InChI is InChI=1S/C13H20N2O/c1-9-6-7-12(8-10(9)2)11(3)13(16)14-15(4)5/h6-8,11H,1-5H3,(H,14,16). The van der Waals surface area contributed by atoms with Crippen molar-refractivity contribution in [2.24, 2.45) is 0 Å². The quantitative estimate of drug-likeness (QED) is 0.790. The highest BCUT2D eigenvalue weighted by Gasteiger charge is 2.15. The van der Waals surface area contributed by atoms with E-state index in [9.17, 15) is 4.79 Å². The second-order valence-electron chi connectivity index (χ2n) is 4.44. The van der Waals surface area contributed by atoms with Crippen LogP contribution in [0.4, 0.5) is 0 Å². The summed E-state index contributed by atoms with van der Waals surface area (Å²) in [4.78, 5) is 11.8. The van der Waals surface area contributed by atoms with Gasteiger partial charge >= 0.3 is 0 Å². The fraction of sp³-hybridized carbons (Fsp3) is 0.462. The van der Waals surface area contributed by atoms with Crippen LogP contribution < -0.4 is 5.43 Å². The molecule has 0 aliphatic rings. The highest BCUT2D eigenvalue weighted by Crippen LogP contribution is 2.18. The van der Waals surface area contributed by atoms with Gasteiger partial charge in [-0.15, -0.1) is 0 Å². The Kier molecular flexibility index (Phi) is 4.07. The fourth-order valence-electron chi connectivity index (χ4n) is 1.50. The van der Waals surface area contributed by atoms with E-state index in [4.69, 9.17) is 0 Å². The Bertz CT molecular complexity index is 386. The fourth-order valence-corrected chi connectivity index (χ4v) is 1.50. The number of benzene rings is 1. The molecule has 0 aliphatic carbocycles. The molecular formula is C13H20N2O. The van der Waals surface area contributed by atoms with Crippen molar-refractivity contribution < 1.29 is 4.79 Å². The molecule has 0 saturated heterocycles. The van der Waals surface area contributed by atoms with Crippen LogP contribution in [-0.2, 0) is 4.79 Å². The van der Waals surface area contributed by atoms with Crippen LogP contribution in [0.2, 0.25) is 0 Å². The molecule has 1 unspecified atom stereocenters. The van der Waals surface area contributed by atoms with Crippen molar-refractivity contribution in [1.29, 1.82) is 0 Å². The second kappa shape index (κ2) is 5.12. The van der Waals surface area contributed by atoms with Crippen LogP contribution in [0.1, 0.15) is 29.5 Å². The van der Waals surface area contributed by atoms with Gasteiger partial charge in [0, 0.05) is 14.1 Å². The summed E-state index contributed by atoms with van der Waals surface area (Å²) < 4.78 is 0. The van der Waals surface area contributed by atoms with Gasteiger partial charge in [0.05, 0.1) is 5.92 Å². The lowest BCUT2D eigenvalue weighted by molar-refractivity contribution is -0.125. The predicted molar refractivity (Wildman–Crippen MR) is 66.2 cm³/mol. The molecule has 1 atom stereocenters. The van der Waals surface area contributed by atoms with Gasteiger partial charge in [-0.05, 0) is 37.5 Å². The first kappa shape index (κ1) is 12.7. The van der Waals surface area contributed by atoms with Crippen molar-refractivity contribution in [2.45, 2.75) is 26.7 Å². The molecule has 1 amide bonds. The molecule has 0 aromatic heterocycles. The lowest BCUT2D eigenvalue weighted by Crippen LogP contribution is -2.38. The van der Waals surface area contributed by atoms with Gasteiger partial charge in [-0.2, -0.15) is 0 Å². The summed E-state index contributed by atoms with van der Waals surface area (Å²) in [6, 6.07) is 6.15. The van der Waals surface area contributed by atoms with Gasteiger partial charge in [0.15, 0.2) is 0 Å². The highest BCUT2D eigenvalue weighted by molar-refractivity contribution is 5.82. The third-order valence-corrected chi connectivity index (χ3v) is 2.76. The maximum atomic E-state index is 11.8. The second-order valence-corrected chi connectivity index (χ2v) is 4.44. The zero-order valence-corrected chi connectivity index (χ0v) is 10.7. The summed E-state index contributed by atoms with van der Waals surface area (Å²) >= 11 is 0. The number of rotatable bonds is 3. The highest BCUT2D eigenvalue weighted by atomic mass is 16.2. The first-order valence-electron chi connectivity index (χ1n) is 5.46. The predicted octanol–water partition coefficient (Wildman–Crippen LogP) is 2.00. The molecule has 88 valence electrons. The molecule has 16 heavy (non-hydrogen) atoms. The molecule has 0 aliphatic heterocycles. The van der Waals surface area contributed by atoms with E-state index in [1.807, 2.05) is 27.1 Å². The van der Waals surface area contributed by atoms with E-state index in [1.54, 1.807) is 5.01 Å². The molecule has 0 saturated carbocycles. The van der Waals surface area contributed by atoms with Gasteiger partial charge in [0.25, 0.3) is 0 Å². The van der Waals surface area contributed by atoms with Crippen LogP contribution >= 0.6 is 0 Å². The monoisotopic (exact) mass is 220 g/mol. The van der Waals surface area contributed by atoms with Crippen LogP contribution in [0, 0.1) is 13.8 Å². The molecule has 1 aromatic rings. The average molecular weight is 220 g/mol. The molecule has 3 heteroatoms. The van der Waals surface area contributed by atoms with Gasteiger partial charge < -0.3 is 0 Å². The van der Waals surface area contributed by atoms with E-state index in [0.717, 1.165) is 5.56 Å². The normalized spacial score (nSPS) is 12.6. The van der Waals surface area contributed by atoms with Crippen molar-refractivity contribution in [2.75, 3.05) is 14.1 Å². The number of aryl methyl sites for hydroxylation is 2. The summed E-state index contributed by atoms with van der Waals surface area (Å²) in [6.45, 7) is 6.06. The molecule has 3 nitrogen and oxygen atoms in total. The number of hydrogen-bond donors (Lipinski definition) is 1. The number of nitrogens with one attached hydrogen (secondary N) is 1. The Labute approximate surface area is 97.4 Å². The maximum Gasteiger partial charge on any atom is 0.241 e. The Morgan fingerprint density at radius 2 is 1.88 bits per heavy atom. The zero-order valence-electron chi connectivity index (χ0n) is 10.7. The molecule has 1 aromatic carbocycles. The summed E-state index contributed by atoms with van der Waals surface area (Å²) in [5, 5.41) is 1.67. The van der Waals surface area contributed by atoms with Crippen molar-refractivity contribution in [1.82, 2.24) is 10.4 Å². The maximum absolute atomic E-state index is 11.8. The number of amides is 1. The van der Waals surface area contributed by atoms with Gasteiger partial charge in [0.1, 0.15) is 0 Å². The van der Waals surface area contributed by atoms with Crippen molar-refractivity contribution >= 4 is 5.91 Å². The molecule has 0 fully saturated rings. The zero-order chi connectivity index (χ0) is 12.3. The molecule has 0 heterocycles. The van der Waals surface area contributed by atoms with Gasteiger partial charge in [0.2, 0.25) is 5.91 Å². The Morgan fingerprint density at radius 1 is 1.25 bits per heavy atom. The minimum absolute atomic E-state index is 0.0215. The van der Waals surface area contributed by atoms with Gasteiger partial charge in [-0.3, -0.25) is 10.2 Å². The number of hydrazine groups is 1. The number of hydrogen-bond acceptors (Lipinski definition) is 2. The number of nitrogens with zero attached hydrogens (tertiary/aromatic N) is 1. The van der Waals surface area contributed by atoms with Crippen LogP contribution in [-0.4, -0.2) is 25.0 Å². The number of carbonyl (C=O) groups excluding carboxylic acids is 1. The topological polar surface area (TPSA) is 32.3 Å². The van der Waals surface area contributed by atoms with E-state index >= 15 is 0 Å². The van der Waals surface area contributed by atoms with E-state index in [0.29, 0.717) is 0 Å². The minimum atomic E-state index is -0.123. The van der Waals surface area contributed by atoms with Crippen molar-refractivity contribution in [3.8, 4) is 0 Å². The van der Waals surface area contributed by atoms with E-state index in [2.05, 4.69) is 31.4 Å². The summed E-state index contributed by atoms with van der Waals surface area (Å²) in [7, 11) is 3.62. The van der Waals surface area contributed by atoms with Crippen LogP contribution in [0.3, 0.4) is 0 Å². The lowest BCUT2D eigenvalue weighted by Gasteiger charge is -2.17. The molecular weight excluding hydrogens is 200 g/mol. The third kappa shape index (κ3) is 3.07. The smallest absolute Gasteiger partial charge is 0.241 e. The molecule has 1 rings (SSSR count). The third-order valence-electron chi connectivity index (χ3n) is 2.76. The van der Waals surface area contributed by atoms with Crippen molar-refractivity contribution in [3.05, 3.63) is 34.9 Å². The molecule has 0 bridgehead atoms. The van der Waals surface area contributed by atoms with Crippen LogP contribution in [0.15, 0.2) is 18.2 Å². The van der Waals surface area contributed by atoms with E-state index < -0.39 is 0 Å². The largest absolute Gasteiger partial charge is 0.289 e. The van der Waals surface area contributed by atoms with Crippen molar-refractivity contribution in [3.63, 3.8) is 0 Å². The lowest BCUT2D eigenvalue weighted by atomic mass is 9.96. The summed E-state index contributed by atoms with van der Waals surface area (Å²) in [5.74, 6) is -0.102. The molecule has 0 spiro atoms. The van der Waals surface area contributed by atoms with Crippen LogP contribution in [0.25, 0.3) is 0 Å². The van der Waals surface area contributed by atoms with Gasteiger partial charge in [-0.25, -0.2) is 5.01 Å². The summed E-state index contributed by atoms with van der Waals surface area (Å²) in [5.41, 5.74) is 6.31. The van der Waals surface area contributed by atoms with Gasteiger partial charge in [-0.1, -0.05) is 18.2 Å². The molecule has 0 radical (unpaired) electrons. The average Bonchev–Trinajstić information content (AvgIpc) is 2.20. The summed E-state index contributed by atoms with van der Waals surface area (Å²) in [6.07, 6.45) is 0. The Hall–Kier alpha value is -1.35. The first-order valence-corrected chi connectivity index (χ1v) is 5.46. The first-order chi connectivity index (χ1) is 7.41. The Balaban J connectivity index is 2.83. The number of carbonyl (C=O) groups is 1. The SMILES string of the molecule is Cc1ccc(C(C)C(=O)NN(C)C)cc1C. The van der Waals surface area contributed by atoms with Crippen LogP contribution in [0.5, 0.6) is 0 Å². The molecule has 1 N–H and O–H groups in total. The van der Waals surface area contributed by atoms with E-state index in [-0.39, 0.29) is 11.8 Å².